The highest BCUT2D eigenvalue weighted by molar-refractivity contribution is 6.12. The fourth-order valence-electron chi connectivity index (χ4n) is 8.33. The summed E-state index contributed by atoms with van der Waals surface area (Å²) in [5, 5.41) is 18.8. The molecular weight excluding hydrogens is 737 g/mol. The molecule has 58 heavy (non-hydrogen) atoms. The van der Waals surface area contributed by atoms with E-state index in [9.17, 15) is 14.4 Å². The molecule has 2 aromatic carbocycles. The van der Waals surface area contributed by atoms with Crippen molar-refractivity contribution in [2.45, 2.75) is 71.3 Å². The number of hydrogen-bond acceptors (Lipinski definition) is 12. The van der Waals surface area contributed by atoms with Gasteiger partial charge in [-0.3, -0.25) is 19.8 Å². The lowest BCUT2D eigenvalue weighted by Gasteiger charge is -2.35. The highest BCUT2D eigenvalue weighted by Gasteiger charge is 2.30. The Hall–Kier alpha value is -5.77. The zero-order valence-electron chi connectivity index (χ0n) is 33.8. The summed E-state index contributed by atoms with van der Waals surface area (Å²) in [7, 11) is 0. The maximum absolute atomic E-state index is 12.9. The van der Waals surface area contributed by atoms with Crippen molar-refractivity contribution in [3.63, 3.8) is 0 Å². The predicted octanol–water partition coefficient (Wildman–Crippen LogP) is 5.19. The lowest BCUT2D eigenvalue weighted by Crippen LogP contribution is -2.49. The van der Waals surface area contributed by atoms with Crippen molar-refractivity contribution in [3.8, 4) is 0 Å². The van der Waals surface area contributed by atoms with Gasteiger partial charge in [-0.15, -0.1) is 0 Å². The minimum absolute atomic E-state index is 0.00491. The maximum atomic E-state index is 12.9. The van der Waals surface area contributed by atoms with Crippen LogP contribution in [0.3, 0.4) is 0 Å². The summed E-state index contributed by atoms with van der Waals surface area (Å²) in [4.78, 5) is 60.1. The Balaban J connectivity index is 0.779. The molecule has 16 heteroatoms. The molecule has 3 aliphatic heterocycles. The number of fused-ring (bicyclic) bond motifs is 3. The summed E-state index contributed by atoms with van der Waals surface area (Å²) in [5.74, 6) is 1.84. The van der Waals surface area contributed by atoms with Gasteiger partial charge in [-0.25, -0.2) is 14.8 Å². The largest absolute Gasteiger partial charge is 0.384 e. The van der Waals surface area contributed by atoms with E-state index in [4.69, 9.17) is 9.51 Å². The molecule has 16 nitrogen and oxygen atoms in total. The van der Waals surface area contributed by atoms with Gasteiger partial charge in [-0.05, 0) is 93.5 Å². The Labute approximate surface area is 337 Å². The van der Waals surface area contributed by atoms with Gasteiger partial charge in [-0.1, -0.05) is 25.9 Å². The molecule has 0 aliphatic carbocycles. The highest BCUT2D eigenvalue weighted by atomic mass is 16.5. The zero-order chi connectivity index (χ0) is 40.4. The maximum Gasteiger partial charge on any atom is 0.328 e. The summed E-state index contributed by atoms with van der Waals surface area (Å²) in [6.45, 7) is 14.7. The molecule has 0 radical (unpaired) electrons. The van der Waals surface area contributed by atoms with Crippen molar-refractivity contribution in [1.29, 1.82) is 0 Å². The van der Waals surface area contributed by atoms with E-state index in [0.717, 1.165) is 116 Å². The van der Waals surface area contributed by atoms with Crippen molar-refractivity contribution in [3.05, 3.63) is 60.5 Å². The van der Waals surface area contributed by atoms with Crippen LogP contribution in [0.2, 0.25) is 0 Å². The molecule has 3 aromatic heterocycles. The van der Waals surface area contributed by atoms with Crippen molar-refractivity contribution in [1.82, 2.24) is 41.0 Å². The second kappa shape index (κ2) is 16.6. The van der Waals surface area contributed by atoms with E-state index >= 15 is 0 Å². The van der Waals surface area contributed by atoms with Crippen molar-refractivity contribution in [2.75, 3.05) is 72.4 Å². The number of aromatic amines is 1. The van der Waals surface area contributed by atoms with Gasteiger partial charge in [0, 0.05) is 91.7 Å². The second-order valence-electron chi connectivity index (χ2n) is 16.9. The van der Waals surface area contributed by atoms with E-state index in [2.05, 4.69) is 81.5 Å². The first-order valence-corrected chi connectivity index (χ1v) is 20.6. The molecule has 1 atom stereocenters. The Morgan fingerprint density at radius 3 is 2.40 bits per heavy atom. The molecule has 0 saturated carbocycles. The van der Waals surface area contributed by atoms with Gasteiger partial charge in [0.15, 0.2) is 5.82 Å². The third-order valence-corrected chi connectivity index (χ3v) is 11.8. The average molecular weight is 791 g/mol. The van der Waals surface area contributed by atoms with E-state index in [1.807, 2.05) is 39.8 Å². The molecule has 306 valence electrons. The van der Waals surface area contributed by atoms with E-state index in [1.54, 1.807) is 11.2 Å². The first-order chi connectivity index (χ1) is 28.0. The minimum atomic E-state index is -0.355. The number of nitrogens with one attached hydrogen (secondary N) is 5. The number of benzene rings is 2. The summed E-state index contributed by atoms with van der Waals surface area (Å²) < 4.78 is 5.25. The van der Waals surface area contributed by atoms with Crippen LogP contribution < -0.4 is 36.0 Å². The molecule has 8 rings (SSSR count). The van der Waals surface area contributed by atoms with Crippen molar-refractivity contribution in [2.24, 2.45) is 11.8 Å². The van der Waals surface area contributed by atoms with Crippen LogP contribution in [0, 0.1) is 11.8 Å². The van der Waals surface area contributed by atoms with Crippen molar-refractivity contribution < 1.29 is 18.9 Å². The van der Waals surface area contributed by atoms with Crippen LogP contribution >= 0.6 is 0 Å². The van der Waals surface area contributed by atoms with E-state index in [-0.39, 0.29) is 35.2 Å². The Morgan fingerprint density at radius 2 is 1.67 bits per heavy atom. The van der Waals surface area contributed by atoms with Crippen molar-refractivity contribution >= 4 is 62.7 Å². The van der Waals surface area contributed by atoms with Gasteiger partial charge in [0.25, 0.3) is 0 Å². The van der Waals surface area contributed by atoms with E-state index in [0.29, 0.717) is 30.6 Å². The minimum Gasteiger partial charge on any atom is -0.384 e. The first kappa shape index (κ1) is 39.1. The number of hydrogen-bond donors (Lipinski definition) is 5. The van der Waals surface area contributed by atoms with Gasteiger partial charge >= 0.3 is 17.8 Å². The summed E-state index contributed by atoms with van der Waals surface area (Å²) in [6, 6.07) is 14.1. The summed E-state index contributed by atoms with van der Waals surface area (Å²) >= 11 is 0. The number of H-pyrrole nitrogens is 1. The number of carbonyl (C=O) groups is 3. The second-order valence-corrected chi connectivity index (χ2v) is 16.9. The zero-order valence-corrected chi connectivity index (χ0v) is 33.8. The van der Waals surface area contributed by atoms with Gasteiger partial charge in [0.1, 0.15) is 17.8 Å². The Bertz CT molecular complexity index is 2250. The molecular formula is C42H54N12O4. The fraction of sp³-hybridized carbons (Fsp3) is 0.500. The van der Waals surface area contributed by atoms with Gasteiger partial charge < -0.3 is 35.3 Å². The topological polar surface area (TPSA) is 190 Å². The van der Waals surface area contributed by atoms with Crippen LogP contribution in [0.1, 0.15) is 76.3 Å². The molecule has 0 spiro atoms. The number of rotatable bonds is 12. The van der Waals surface area contributed by atoms with E-state index in [1.165, 1.54) is 0 Å². The quantitative estimate of drug-likeness (QED) is 0.104. The van der Waals surface area contributed by atoms with Gasteiger partial charge in [-0.2, -0.15) is 4.98 Å². The SMILES string of the molecule is C[C@@H](NC(=O)c1nc(C(C)(C)C)no1)C1CCN(c2ncnc3[nH]c4cc(NCCNCC5CCN(c6ccc(N7CCC(=O)NC7=O)cc6)CC5)ccc4c23)CC1. The van der Waals surface area contributed by atoms with Crippen LogP contribution in [-0.2, 0) is 10.2 Å². The number of aromatic nitrogens is 5. The lowest BCUT2D eigenvalue weighted by molar-refractivity contribution is -0.120. The normalized spacial score (nSPS) is 17.9. The molecule has 3 fully saturated rings. The summed E-state index contributed by atoms with van der Waals surface area (Å²) in [5.41, 5.74) is 4.57. The summed E-state index contributed by atoms with van der Waals surface area (Å²) in [6.07, 6.45) is 6.02. The number of carbonyl (C=O) groups excluding carboxylic acids is 3. The number of amides is 4. The molecule has 4 amide bonds. The van der Waals surface area contributed by atoms with Crippen LogP contribution in [-0.4, -0.2) is 101 Å². The smallest absolute Gasteiger partial charge is 0.328 e. The third-order valence-electron chi connectivity index (χ3n) is 11.8. The molecule has 3 saturated heterocycles. The number of piperidine rings is 2. The highest BCUT2D eigenvalue weighted by Crippen LogP contribution is 2.35. The standard InChI is InChI=1S/C42H54N12O4/c1-26(47-38(56)39-50-40(51-58-39)42(2,3)4)28-13-20-53(21-14-28)37-35-32-10-5-29(23-33(32)48-36(35)45-25-46-37)44-17-16-43-24-27-11-18-52(19-12-27)30-6-8-31(9-7-30)54-22-15-34(55)49-41(54)57/h5-10,23,25-28,43-44H,11-22,24H2,1-4H3,(H,47,56)(H,45,46,48)(H,49,55,57)/t26-/m1/s1. The van der Waals surface area contributed by atoms with Crippen LogP contribution in [0.5, 0.6) is 0 Å². The van der Waals surface area contributed by atoms with Gasteiger partial charge in [0.05, 0.1) is 5.39 Å². The molecule has 3 aliphatic rings. The Kier molecular flexibility index (Phi) is 11.2. The fourth-order valence-corrected chi connectivity index (χ4v) is 8.33. The van der Waals surface area contributed by atoms with Gasteiger partial charge in [0.2, 0.25) is 5.91 Å². The third kappa shape index (κ3) is 8.56. The molecule has 6 heterocycles. The first-order valence-electron chi connectivity index (χ1n) is 20.6. The number of imide groups is 1. The number of anilines is 4. The van der Waals surface area contributed by atoms with Crippen LogP contribution in [0.15, 0.2) is 53.3 Å². The molecule has 5 aromatic rings. The predicted molar refractivity (Wildman–Crippen MR) is 224 cm³/mol. The van der Waals surface area contributed by atoms with Crippen LogP contribution in [0.25, 0.3) is 21.9 Å². The monoisotopic (exact) mass is 790 g/mol. The lowest BCUT2D eigenvalue weighted by atomic mass is 9.90. The number of nitrogens with zero attached hydrogens (tertiary/aromatic N) is 7. The molecule has 0 unspecified atom stereocenters. The molecule has 5 N–H and O–H groups in total. The van der Waals surface area contributed by atoms with E-state index < -0.39 is 0 Å². The average Bonchev–Trinajstić information content (AvgIpc) is 3.88. The number of urea groups is 1. The Morgan fingerprint density at radius 1 is 0.931 bits per heavy atom. The molecule has 0 bridgehead atoms. The van der Waals surface area contributed by atoms with Crippen LogP contribution in [0.4, 0.5) is 27.7 Å².